The van der Waals surface area contributed by atoms with Gasteiger partial charge in [-0.05, 0) is 30.3 Å². The number of anilines is 1. The number of pyridine rings is 1. The summed E-state index contributed by atoms with van der Waals surface area (Å²) in [7, 11) is 0. The summed E-state index contributed by atoms with van der Waals surface area (Å²) in [6.07, 6.45) is 1.70. The van der Waals surface area contributed by atoms with Crippen molar-refractivity contribution in [3.8, 4) is 6.07 Å². The van der Waals surface area contributed by atoms with Gasteiger partial charge in [0, 0.05) is 11.9 Å². The number of nitriles is 1. The Hall–Kier alpha value is -2.41. The molecule has 0 radical (unpaired) electrons. The molecule has 17 heavy (non-hydrogen) atoms. The van der Waals surface area contributed by atoms with Gasteiger partial charge < -0.3 is 5.32 Å². The van der Waals surface area contributed by atoms with E-state index in [1.54, 1.807) is 18.3 Å². The van der Waals surface area contributed by atoms with Gasteiger partial charge >= 0.3 is 0 Å². The Bertz CT molecular complexity index is 546. The van der Waals surface area contributed by atoms with Crippen LogP contribution in [0.25, 0.3) is 0 Å². The molecule has 0 amide bonds. The number of benzene rings is 1. The van der Waals surface area contributed by atoms with Crippen molar-refractivity contribution in [2.24, 2.45) is 0 Å². The third kappa shape index (κ3) is 2.79. The molecule has 1 N–H and O–H groups in total. The van der Waals surface area contributed by atoms with E-state index in [9.17, 15) is 4.39 Å². The van der Waals surface area contributed by atoms with Gasteiger partial charge in [0.15, 0.2) is 0 Å². The lowest BCUT2D eigenvalue weighted by atomic mass is 10.2. The first-order chi connectivity index (χ1) is 8.29. The van der Waals surface area contributed by atoms with Crippen molar-refractivity contribution in [2.45, 2.75) is 6.54 Å². The van der Waals surface area contributed by atoms with E-state index in [1.165, 1.54) is 12.1 Å². The number of rotatable bonds is 3. The number of hydrogen-bond acceptors (Lipinski definition) is 3. The van der Waals surface area contributed by atoms with Gasteiger partial charge in [-0.1, -0.05) is 6.07 Å². The van der Waals surface area contributed by atoms with Gasteiger partial charge in [-0.25, -0.2) is 4.39 Å². The van der Waals surface area contributed by atoms with Gasteiger partial charge in [-0.2, -0.15) is 5.26 Å². The van der Waals surface area contributed by atoms with Gasteiger partial charge in [0.2, 0.25) is 0 Å². The highest BCUT2D eigenvalue weighted by molar-refractivity contribution is 5.48. The molecular weight excluding hydrogens is 217 g/mol. The Kier molecular flexibility index (Phi) is 3.31. The molecule has 0 bridgehead atoms. The lowest BCUT2D eigenvalue weighted by Gasteiger charge is -2.06. The third-order valence-corrected chi connectivity index (χ3v) is 2.29. The molecule has 1 aromatic heterocycles. The van der Waals surface area contributed by atoms with Gasteiger partial charge in [0.1, 0.15) is 11.9 Å². The predicted molar refractivity (Wildman–Crippen MR) is 62.7 cm³/mol. The standard InChI is InChI=1S/C13H10FN3/c14-13-7-11(5-4-10(13)8-15)17-9-12-3-1-2-6-16-12/h1-7,17H,9H2. The highest BCUT2D eigenvalue weighted by Gasteiger charge is 2.02. The quantitative estimate of drug-likeness (QED) is 0.877. The average Bonchev–Trinajstić information content (AvgIpc) is 2.38. The van der Waals surface area contributed by atoms with E-state index in [2.05, 4.69) is 10.3 Å². The minimum atomic E-state index is -0.515. The van der Waals surface area contributed by atoms with Crippen LogP contribution in [-0.4, -0.2) is 4.98 Å². The molecule has 0 atom stereocenters. The molecular formula is C13H10FN3. The molecule has 3 nitrogen and oxygen atoms in total. The lowest BCUT2D eigenvalue weighted by Crippen LogP contribution is -2.01. The van der Waals surface area contributed by atoms with Crippen LogP contribution in [0.3, 0.4) is 0 Å². The van der Waals surface area contributed by atoms with Crippen molar-refractivity contribution >= 4 is 5.69 Å². The maximum absolute atomic E-state index is 13.3. The fraction of sp³-hybridized carbons (Fsp3) is 0.0769. The zero-order valence-electron chi connectivity index (χ0n) is 9.02. The van der Waals surface area contributed by atoms with Gasteiger partial charge in [0.25, 0.3) is 0 Å². The molecule has 0 saturated heterocycles. The average molecular weight is 227 g/mol. The molecule has 84 valence electrons. The first-order valence-corrected chi connectivity index (χ1v) is 5.13. The zero-order valence-corrected chi connectivity index (χ0v) is 9.02. The van der Waals surface area contributed by atoms with Crippen LogP contribution in [0.4, 0.5) is 10.1 Å². The minimum absolute atomic E-state index is 0.0494. The lowest BCUT2D eigenvalue weighted by molar-refractivity contribution is 0.624. The number of nitrogens with one attached hydrogen (secondary N) is 1. The monoisotopic (exact) mass is 227 g/mol. The minimum Gasteiger partial charge on any atom is -0.379 e. The molecule has 0 fully saturated rings. The van der Waals surface area contributed by atoms with E-state index < -0.39 is 5.82 Å². The Labute approximate surface area is 98.5 Å². The van der Waals surface area contributed by atoms with E-state index >= 15 is 0 Å². The zero-order chi connectivity index (χ0) is 12.1. The highest BCUT2D eigenvalue weighted by atomic mass is 19.1. The first kappa shape index (κ1) is 11.1. The topological polar surface area (TPSA) is 48.7 Å². The summed E-state index contributed by atoms with van der Waals surface area (Å²) in [6.45, 7) is 0.520. The molecule has 0 aliphatic carbocycles. The van der Waals surface area contributed by atoms with Crippen molar-refractivity contribution in [2.75, 3.05) is 5.32 Å². The van der Waals surface area contributed by atoms with Gasteiger partial charge in [-0.15, -0.1) is 0 Å². The predicted octanol–water partition coefficient (Wildman–Crippen LogP) is 2.70. The summed E-state index contributed by atoms with van der Waals surface area (Å²) in [5, 5.41) is 11.6. The summed E-state index contributed by atoms with van der Waals surface area (Å²) in [5.74, 6) is -0.515. The van der Waals surface area contributed by atoms with Crippen molar-refractivity contribution in [1.82, 2.24) is 4.98 Å². The van der Waals surface area contributed by atoms with Crippen LogP contribution in [-0.2, 0) is 6.54 Å². The summed E-state index contributed by atoms with van der Waals surface area (Å²) < 4.78 is 13.3. The molecule has 0 saturated carbocycles. The third-order valence-electron chi connectivity index (χ3n) is 2.29. The molecule has 2 aromatic rings. The molecule has 0 unspecified atom stereocenters. The van der Waals surface area contributed by atoms with Crippen LogP contribution < -0.4 is 5.32 Å². The van der Waals surface area contributed by atoms with E-state index in [1.807, 2.05) is 18.2 Å². The highest BCUT2D eigenvalue weighted by Crippen LogP contribution is 2.14. The second kappa shape index (κ2) is 5.08. The SMILES string of the molecule is N#Cc1ccc(NCc2ccccn2)cc1F. The van der Waals surface area contributed by atoms with E-state index in [0.717, 1.165) is 5.69 Å². The molecule has 0 aliphatic rings. The molecule has 1 aromatic carbocycles. The Morgan fingerprint density at radius 2 is 2.18 bits per heavy atom. The van der Waals surface area contributed by atoms with Crippen LogP contribution in [0.15, 0.2) is 42.6 Å². The molecule has 1 heterocycles. The van der Waals surface area contributed by atoms with Crippen LogP contribution in [0.2, 0.25) is 0 Å². The summed E-state index contributed by atoms with van der Waals surface area (Å²) in [6, 6.07) is 11.8. The largest absolute Gasteiger partial charge is 0.379 e. The second-order valence-electron chi connectivity index (χ2n) is 3.48. The Morgan fingerprint density at radius 1 is 1.29 bits per heavy atom. The summed E-state index contributed by atoms with van der Waals surface area (Å²) in [4.78, 5) is 4.14. The van der Waals surface area contributed by atoms with Crippen molar-refractivity contribution in [1.29, 1.82) is 5.26 Å². The van der Waals surface area contributed by atoms with Crippen LogP contribution in [0, 0.1) is 17.1 Å². The van der Waals surface area contributed by atoms with Crippen molar-refractivity contribution in [3.05, 3.63) is 59.7 Å². The Morgan fingerprint density at radius 3 is 2.82 bits per heavy atom. The van der Waals surface area contributed by atoms with Crippen LogP contribution >= 0.6 is 0 Å². The summed E-state index contributed by atoms with van der Waals surface area (Å²) >= 11 is 0. The van der Waals surface area contributed by atoms with E-state index in [-0.39, 0.29) is 5.56 Å². The first-order valence-electron chi connectivity index (χ1n) is 5.13. The fourth-order valence-corrected chi connectivity index (χ4v) is 1.41. The van der Waals surface area contributed by atoms with Crippen LogP contribution in [0.5, 0.6) is 0 Å². The van der Waals surface area contributed by atoms with Crippen molar-refractivity contribution in [3.63, 3.8) is 0 Å². The molecule has 4 heteroatoms. The maximum Gasteiger partial charge on any atom is 0.143 e. The normalized spacial score (nSPS) is 9.65. The van der Waals surface area contributed by atoms with Gasteiger partial charge in [-0.3, -0.25) is 4.98 Å². The summed E-state index contributed by atoms with van der Waals surface area (Å²) in [5.41, 5.74) is 1.55. The maximum atomic E-state index is 13.3. The number of hydrogen-bond donors (Lipinski definition) is 1. The second-order valence-corrected chi connectivity index (χ2v) is 3.48. The smallest absolute Gasteiger partial charge is 0.143 e. The number of halogens is 1. The fourth-order valence-electron chi connectivity index (χ4n) is 1.41. The van der Waals surface area contributed by atoms with Crippen molar-refractivity contribution < 1.29 is 4.39 Å². The number of aromatic nitrogens is 1. The van der Waals surface area contributed by atoms with E-state index in [4.69, 9.17) is 5.26 Å². The molecule has 0 aliphatic heterocycles. The number of nitrogens with zero attached hydrogens (tertiary/aromatic N) is 2. The van der Waals surface area contributed by atoms with Crippen LogP contribution in [0.1, 0.15) is 11.3 Å². The van der Waals surface area contributed by atoms with Gasteiger partial charge in [0.05, 0.1) is 17.8 Å². The van der Waals surface area contributed by atoms with E-state index in [0.29, 0.717) is 12.2 Å². The molecule has 0 spiro atoms. The molecule has 2 rings (SSSR count). The Balaban J connectivity index is 2.06.